The monoisotopic (exact) mass is 334 g/mol. The third-order valence-electron chi connectivity index (χ3n) is 3.16. The number of carbonyl (C=O) groups excluding carboxylic acids is 1. The summed E-state index contributed by atoms with van der Waals surface area (Å²) in [7, 11) is 1.82. The van der Waals surface area contributed by atoms with Crippen LogP contribution in [0.3, 0.4) is 0 Å². The normalized spacial score (nSPS) is 10.1. The van der Waals surface area contributed by atoms with Crippen molar-refractivity contribution in [3.05, 3.63) is 54.4 Å². The van der Waals surface area contributed by atoms with Crippen LogP contribution >= 0.6 is 0 Å². The van der Waals surface area contributed by atoms with E-state index in [1.165, 1.54) is 0 Å². The van der Waals surface area contributed by atoms with Crippen LogP contribution in [-0.2, 0) is 11.8 Å². The van der Waals surface area contributed by atoms with E-state index >= 15 is 0 Å². The quantitative estimate of drug-likeness (QED) is 0.691. The summed E-state index contributed by atoms with van der Waals surface area (Å²) in [5.41, 5.74) is 2.22. The molecule has 0 radical (unpaired) electrons. The van der Waals surface area contributed by atoms with E-state index < -0.39 is 5.91 Å². The minimum atomic E-state index is -0.402. The summed E-state index contributed by atoms with van der Waals surface area (Å²) >= 11 is 0. The number of hydrogen-bond donors (Lipinski definition) is 2. The number of rotatable bonds is 5. The molecule has 0 atom stereocenters. The Hall–Kier alpha value is -3.80. The lowest BCUT2D eigenvalue weighted by molar-refractivity contribution is -0.114. The lowest BCUT2D eigenvalue weighted by atomic mass is 10.2. The number of nitrogens with zero attached hydrogens (tertiary/aromatic N) is 6. The fourth-order valence-corrected chi connectivity index (χ4v) is 2.11. The van der Waals surface area contributed by atoms with Crippen molar-refractivity contribution in [3.63, 3.8) is 0 Å². The molecule has 0 aliphatic heterocycles. The lowest BCUT2D eigenvalue weighted by Crippen LogP contribution is -2.14. The van der Waals surface area contributed by atoms with E-state index in [9.17, 15) is 4.79 Å². The number of aromatic nitrogens is 5. The molecule has 0 fully saturated rings. The van der Waals surface area contributed by atoms with E-state index in [0.29, 0.717) is 17.5 Å². The number of pyridine rings is 1. The molecule has 124 valence electrons. The molecule has 1 amide bonds. The standard InChI is InChI=1S/C16H14N8O/c1-17-9-15(25)23-14-7-11(3-5-18-14)13-4-6-19-16(22-13)21-12-8-20-24(2)10-12/h3-8,10H,9H2,2H3,(H,18,23,25)(H,19,21,22). The number of nitrogens with one attached hydrogen (secondary N) is 2. The molecule has 3 aromatic rings. The Balaban J connectivity index is 1.81. The Morgan fingerprint density at radius 3 is 2.92 bits per heavy atom. The molecule has 0 unspecified atom stereocenters. The second-order valence-electron chi connectivity index (χ2n) is 5.09. The first-order valence-electron chi connectivity index (χ1n) is 7.32. The van der Waals surface area contributed by atoms with Gasteiger partial charge in [0.1, 0.15) is 5.82 Å². The van der Waals surface area contributed by atoms with Crippen LogP contribution < -0.4 is 10.6 Å². The van der Waals surface area contributed by atoms with Crippen molar-refractivity contribution in [2.24, 2.45) is 7.05 Å². The molecule has 9 heteroatoms. The Bertz CT molecular complexity index is 943. The van der Waals surface area contributed by atoms with Gasteiger partial charge in [-0.2, -0.15) is 5.10 Å². The predicted molar refractivity (Wildman–Crippen MR) is 91.9 cm³/mol. The molecule has 3 rings (SSSR count). The maximum Gasteiger partial charge on any atom is 0.305 e. The van der Waals surface area contributed by atoms with Crippen LogP contribution in [-0.4, -0.2) is 37.2 Å². The maximum atomic E-state index is 11.5. The molecule has 3 heterocycles. The Kier molecular flexibility index (Phi) is 4.62. The maximum absolute atomic E-state index is 11.5. The van der Waals surface area contributed by atoms with Crippen LogP contribution in [0.4, 0.5) is 17.5 Å². The second-order valence-corrected chi connectivity index (χ2v) is 5.09. The van der Waals surface area contributed by atoms with Gasteiger partial charge in [-0.25, -0.2) is 21.5 Å². The van der Waals surface area contributed by atoms with E-state index in [4.69, 9.17) is 6.57 Å². The van der Waals surface area contributed by atoms with Gasteiger partial charge in [-0.15, -0.1) is 0 Å². The van der Waals surface area contributed by atoms with Crippen molar-refractivity contribution < 1.29 is 4.79 Å². The first kappa shape index (κ1) is 16.1. The smallest absolute Gasteiger partial charge is 0.305 e. The average Bonchev–Trinajstić information content (AvgIpc) is 3.00. The fourth-order valence-electron chi connectivity index (χ4n) is 2.11. The highest BCUT2D eigenvalue weighted by Crippen LogP contribution is 2.21. The van der Waals surface area contributed by atoms with Gasteiger partial charge in [0, 0.05) is 31.2 Å². The van der Waals surface area contributed by atoms with Crippen molar-refractivity contribution in [3.8, 4) is 11.3 Å². The van der Waals surface area contributed by atoms with E-state index in [-0.39, 0.29) is 6.54 Å². The van der Waals surface area contributed by atoms with Crippen LogP contribution in [0.15, 0.2) is 43.0 Å². The number of aryl methyl sites for hydroxylation is 1. The molecular weight excluding hydrogens is 320 g/mol. The van der Waals surface area contributed by atoms with Gasteiger partial charge in [0.2, 0.25) is 5.95 Å². The van der Waals surface area contributed by atoms with Crippen LogP contribution in [0, 0.1) is 6.57 Å². The van der Waals surface area contributed by atoms with Crippen LogP contribution in [0.1, 0.15) is 0 Å². The van der Waals surface area contributed by atoms with E-state index in [2.05, 4.69) is 35.5 Å². The van der Waals surface area contributed by atoms with Crippen molar-refractivity contribution >= 4 is 23.4 Å². The van der Waals surface area contributed by atoms with E-state index in [1.807, 2.05) is 13.2 Å². The second kappa shape index (κ2) is 7.18. The SMILES string of the molecule is [C-]#[N+]CC(=O)Nc1cc(-c2ccnc(Nc3cnn(C)c3)n2)ccn1. The Morgan fingerprint density at radius 1 is 1.32 bits per heavy atom. The molecule has 0 bridgehead atoms. The zero-order valence-electron chi connectivity index (χ0n) is 13.3. The van der Waals surface area contributed by atoms with Crippen LogP contribution in [0.25, 0.3) is 16.1 Å². The lowest BCUT2D eigenvalue weighted by Gasteiger charge is -2.06. The molecule has 25 heavy (non-hydrogen) atoms. The van der Waals surface area contributed by atoms with Crippen molar-refractivity contribution in [2.45, 2.75) is 0 Å². The number of anilines is 3. The topological polar surface area (TPSA) is 102 Å². The first-order valence-corrected chi connectivity index (χ1v) is 7.32. The summed E-state index contributed by atoms with van der Waals surface area (Å²) < 4.78 is 1.67. The van der Waals surface area contributed by atoms with Gasteiger partial charge >= 0.3 is 5.91 Å². The van der Waals surface area contributed by atoms with Gasteiger partial charge in [-0.3, -0.25) is 9.48 Å². The van der Waals surface area contributed by atoms with Crippen LogP contribution in [0.2, 0.25) is 0 Å². The van der Waals surface area contributed by atoms with Gasteiger partial charge < -0.3 is 15.5 Å². The highest BCUT2D eigenvalue weighted by atomic mass is 16.1. The summed E-state index contributed by atoms with van der Waals surface area (Å²) in [4.78, 5) is 27.3. The first-order chi connectivity index (χ1) is 12.1. The number of hydrogen-bond acceptors (Lipinski definition) is 6. The highest BCUT2D eigenvalue weighted by molar-refractivity contribution is 5.92. The van der Waals surface area contributed by atoms with E-state index in [1.54, 1.807) is 41.5 Å². The zero-order valence-corrected chi connectivity index (χ0v) is 13.3. The summed E-state index contributed by atoms with van der Waals surface area (Å²) in [5, 5.41) is 9.73. The largest absolute Gasteiger partial charge is 0.321 e. The van der Waals surface area contributed by atoms with Gasteiger partial charge in [0.05, 0.1) is 17.6 Å². The summed E-state index contributed by atoms with van der Waals surface area (Å²) in [5.74, 6) is 0.397. The highest BCUT2D eigenvalue weighted by Gasteiger charge is 2.08. The van der Waals surface area contributed by atoms with Gasteiger partial charge in [0.15, 0.2) is 0 Å². The molecule has 9 nitrogen and oxygen atoms in total. The van der Waals surface area contributed by atoms with Crippen molar-refractivity contribution in [2.75, 3.05) is 17.2 Å². The molecule has 0 spiro atoms. The van der Waals surface area contributed by atoms with Crippen LogP contribution in [0.5, 0.6) is 0 Å². The molecule has 0 saturated heterocycles. The minimum Gasteiger partial charge on any atom is -0.321 e. The molecule has 0 saturated carbocycles. The molecule has 0 aliphatic rings. The van der Waals surface area contributed by atoms with Gasteiger partial charge in [0.25, 0.3) is 6.54 Å². The third kappa shape index (κ3) is 4.14. The summed E-state index contributed by atoms with van der Waals surface area (Å²) in [6, 6.07) is 5.23. The molecule has 3 aromatic heterocycles. The fraction of sp³-hybridized carbons (Fsp3) is 0.125. The van der Waals surface area contributed by atoms with Gasteiger partial charge in [-0.05, 0) is 18.2 Å². The molecular formula is C16H14N8O. The number of amides is 1. The Morgan fingerprint density at radius 2 is 2.16 bits per heavy atom. The predicted octanol–water partition coefficient (Wildman–Crippen LogP) is 1.87. The summed E-state index contributed by atoms with van der Waals surface area (Å²) in [6.45, 7) is 6.47. The number of carbonyl (C=O) groups is 1. The molecule has 2 N–H and O–H groups in total. The molecule has 0 aliphatic carbocycles. The summed E-state index contributed by atoms with van der Waals surface area (Å²) in [6.07, 6.45) is 6.69. The minimum absolute atomic E-state index is 0.238. The van der Waals surface area contributed by atoms with Crippen molar-refractivity contribution in [1.82, 2.24) is 24.7 Å². The van der Waals surface area contributed by atoms with Gasteiger partial charge in [-0.1, -0.05) is 0 Å². The molecule has 0 aromatic carbocycles. The van der Waals surface area contributed by atoms with E-state index in [0.717, 1.165) is 11.3 Å². The zero-order chi connectivity index (χ0) is 17.6. The third-order valence-corrected chi connectivity index (χ3v) is 3.16. The average molecular weight is 334 g/mol. The Labute approximate surface area is 143 Å². The van der Waals surface area contributed by atoms with Crippen molar-refractivity contribution in [1.29, 1.82) is 0 Å².